The van der Waals surface area contributed by atoms with E-state index in [0.717, 1.165) is 6.42 Å². The van der Waals surface area contributed by atoms with Gasteiger partial charge in [0.2, 0.25) is 0 Å². The molecule has 0 bridgehead atoms. The second-order valence-electron chi connectivity index (χ2n) is 5.20. The Labute approximate surface area is 140 Å². The normalized spacial score (nSPS) is 10.0. The molecular weight excluding hydrogens is 299 g/mol. The lowest BCUT2D eigenvalue weighted by molar-refractivity contribution is 0.295. The Morgan fingerprint density at radius 3 is 1.09 bits per heavy atom. The van der Waals surface area contributed by atoms with Crippen molar-refractivity contribution >= 4 is 23.8 Å². The van der Waals surface area contributed by atoms with Crippen molar-refractivity contribution in [1.82, 2.24) is 0 Å². The lowest BCUT2D eigenvalue weighted by atomic mass is 10.4. The highest BCUT2D eigenvalue weighted by molar-refractivity contribution is 7.79. The van der Waals surface area contributed by atoms with Gasteiger partial charge in [0.25, 0.3) is 0 Å². The number of benzene rings is 3. The third kappa shape index (κ3) is 5.32. The van der Waals surface area contributed by atoms with Crippen molar-refractivity contribution in [2.45, 2.75) is 13.3 Å². The van der Waals surface area contributed by atoms with Gasteiger partial charge in [0, 0.05) is 6.61 Å². The second kappa shape index (κ2) is 9.94. The van der Waals surface area contributed by atoms with Crippen LogP contribution in [0.3, 0.4) is 0 Å². The fraction of sp³-hybridized carbons (Fsp3) is 0.143. The first-order valence-electron chi connectivity index (χ1n) is 8.01. The van der Waals surface area contributed by atoms with E-state index >= 15 is 0 Å². The van der Waals surface area contributed by atoms with Crippen molar-refractivity contribution in [2.75, 3.05) is 6.61 Å². The average molecular weight is 323 g/mol. The monoisotopic (exact) mass is 323 g/mol. The zero-order valence-corrected chi connectivity index (χ0v) is 14.5. The highest BCUT2D eigenvalue weighted by Crippen LogP contribution is 2.32. The lowest BCUT2D eigenvalue weighted by Gasteiger charge is -2.10. The molecule has 0 saturated heterocycles. The second-order valence-corrected chi connectivity index (χ2v) is 7.68. The summed E-state index contributed by atoms with van der Waals surface area (Å²) in [5, 5.41) is 12.2. The molecule has 0 amide bonds. The van der Waals surface area contributed by atoms with Crippen molar-refractivity contribution in [2.24, 2.45) is 0 Å². The largest absolute Gasteiger partial charge is 0.396 e. The van der Waals surface area contributed by atoms with Gasteiger partial charge in [-0.2, -0.15) is 0 Å². The molecule has 0 atom stereocenters. The first-order chi connectivity index (χ1) is 11.4. The van der Waals surface area contributed by atoms with Gasteiger partial charge in [0.1, 0.15) is 15.9 Å². The molecule has 3 aromatic rings. The van der Waals surface area contributed by atoms with E-state index in [1.807, 2.05) is 6.92 Å². The van der Waals surface area contributed by atoms with Crippen LogP contribution in [0.2, 0.25) is 0 Å². The standard InChI is InChI=1S/C18H15P.C3H8O/c1-4-10-16(11-5-1)19(17-12-6-2-7-13-17)18-14-8-3-9-15-18;1-2-3-4/h1-15H;4H,2-3H2,1H3/p+1. The lowest BCUT2D eigenvalue weighted by Crippen LogP contribution is -2.20. The summed E-state index contributed by atoms with van der Waals surface area (Å²) in [6, 6.07) is 32.5. The maximum absolute atomic E-state index is 7.88. The van der Waals surface area contributed by atoms with E-state index in [1.165, 1.54) is 15.9 Å². The number of rotatable bonds is 4. The molecular formula is C21H24OP+. The SMILES string of the molecule is CCCO.c1ccc([PH+](c2ccccc2)c2ccccc2)cc1. The molecule has 0 radical (unpaired) electrons. The molecule has 0 aromatic heterocycles. The minimum absolute atomic E-state index is 0.319. The molecule has 0 aliphatic heterocycles. The van der Waals surface area contributed by atoms with E-state index in [1.54, 1.807) is 0 Å². The average Bonchev–Trinajstić information content (AvgIpc) is 2.65. The molecule has 0 spiro atoms. The minimum Gasteiger partial charge on any atom is -0.396 e. The third-order valence-corrected chi connectivity index (χ3v) is 6.14. The van der Waals surface area contributed by atoms with Crippen LogP contribution in [-0.2, 0) is 0 Å². The molecule has 0 heterocycles. The highest BCUT2D eigenvalue weighted by Gasteiger charge is 2.24. The van der Waals surface area contributed by atoms with E-state index in [0.29, 0.717) is 6.61 Å². The van der Waals surface area contributed by atoms with Crippen LogP contribution in [0.25, 0.3) is 0 Å². The van der Waals surface area contributed by atoms with E-state index in [9.17, 15) is 0 Å². The van der Waals surface area contributed by atoms with E-state index < -0.39 is 7.92 Å². The van der Waals surface area contributed by atoms with Gasteiger partial charge < -0.3 is 5.11 Å². The predicted octanol–water partition coefficient (Wildman–Crippen LogP) is 3.57. The molecule has 2 heteroatoms. The first kappa shape index (κ1) is 17.4. The molecule has 23 heavy (non-hydrogen) atoms. The Balaban J connectivity index is 0.000000433. The smallest absolute Gasteiger partial charge is 0.102 e. The van der Waals surface area contributed by atoms with Crippen LogP contribution in [0.15, 0.2) is 91.0 Å². The molecule has 0 unspecified atom stereocenters. The Kier molecular flexibility index (Phi) is 7.52. The van der Waals surface area contributed by atoms with Gasteiger partial charge in [-0.3, -0.25) is 0 Å². The van der Waals surface area contributed by atoms with Crippen LogP contribution in [-0.4, -0.2) is 11.7 Å². The van der Waals surface area contributed by atoms with Crippen LogP contribution in [0.4, 0.5) is 0 Å². The number of aliphatic hydroxyl groups is 1. The summed E-state index contributed by atoms with van der Waals surface area (Å²) < 4.78 is 0. The molecule has 0 aliphatic rings. The molecule has 0 aliphatic carbocycles. The fourth-order valence-corrected chi connectivity index (χ4v) is 4.89. The summed E-state index contributed by atoms with van der Waals surface area (Å²) in [6.07, 6.45) is 0.875. The van der Waals surface area contributed by atoms with Crippen molar-refractivity contribution in [1.29, 1.82) is 0 Å². The van der Waals surface area contributed by atoms with Crippen LogP contribution in [0.5, 0.6) is 0 Å². The van der Waals surface area contributed by atoms with E-state index in [-0.39, 0.29) is 0 Å². The van der Waals surface area contributed by atoms with E-state index in [2.05, 4.69) is 91.0 Å². The molecule has 3 aromatic carbocycles. The molecule has 3 rings (SSSR count). The van der Waals surface area contributed by atoms with Crippen molar-refractivity contribution in [3.8, 4) is 0 Å². The Morgan fingerprint density at radius 1 is 0.609 bits per heavy atom. The van der Waals surface area contributed by atoms with Crippen LogP contribution in [0.1, 0.15) is 13.3 Å². The van der Waals surface area contributed by atoms with Gasteiger partial charge in [-0.25, -0.2) is 0 Å². The topological polar surface area (TPSA) is 20.2 Å². The maximum atomic E-state index is 7.88. The Morgan fingerprint density at radius 2 is 0.870 bits per heavy atom. The van der Waals surface area contributed by atoms with Crippen molar-refractivity contribution in [3.05, 3.63) is 91.0 Å². The van der Waals surface area contributed by atoms with Gasteiger partial charge in [-0.15, -0.1) is 0 Å². The van der Waals surface area contributed by atoms with Crippen molar-refractivity contribution in [3.63, 3.8) is 0 Å². The molecule has 1 nitrogen and oxygen atoms in total. The van der Waals surface area contributed by atoms with Gasteiger partial charge >= 0.3 is 0 Å². The number of aliphatic hydroxyl groups excluding tert-OH is 1. The van der Waals surface area contributed by atoms with Gasteiger partial charge in [-0.05, 0) is 42.8 Å². The summed E-state index contributed by atoms with van der Waals surface area (Å²) in [6.45, 7) is 2.25. The molecule has 0 saturated carbocycles. The van der Waals surface area contributed by atoms with Gasteiger partial charge in [0.15, 0.2) is 0 Å². The third-order valence-electron chi connectivity index (χ3n) is 3.41. The zero-order chi connectivity index (χ0) is 16.3. The minimum atomic E-state index is -0.877. The Hall–Kier alpha value is -1.95. The van der Waals surface area contributed by atoms with Gasteiger partial charge in [0.05, 0.1) is 7.92 Å². The number of hydrogen-bond acceptors (Lipinski definition) is 1. The van der Waals surface area contributed by atoms with Crippen LogP contribution >= 0.6 is 7.92 Å². The summed E-state index contributed by atoms with van der Waals surface area (Å²) in [7, 11) is -0.877. The van der Waals surface area contributed by atoms with Crippen LogP contribution in [0, 0.1) is 0 Å². The quantitative estimate of drug-likeness (QED) is 0.728. The summed E-state index contributed by atoms with van der Waals surface area (Å²) in [5.41, 5.74) is 0. The highest BCUT2D eigenvalue weighted by atomic mass is 31.1. The predicted molar refractivity (Wildman–Crippen MR) is 104 cm³/mol. The summed E-state index contributed by atoms with van der Waals surface area (Å²) in [5.74, 6) is 0. The molecule has 1 N–H and O–H groups in total. The maximum Gasteiger partial charge on any atom is 0.102 e. The summed E-state index contributed by atoms with van der Waals surface area (Å²) in [4.78, 5) is 0. The van der Waals surface area contributed by atoms with Gasteiger partial charge in [-0.1, -0.05) is 61.5 Å². The molecule has 0 fully saturated rings. The fourth-order valence-electron chi connectivity index (χ4n) is 2.31. The summed E-state index contributed by atoms with van der Waals surface area (Å²) >= 11 is 0. The Bertz CT molecular complexity index is 557. The zero-order valence-electron chi connectivity index (χ0n) is 13.5. The van der Waals surface area contributed by atoms with Crippen LogP contribution < -0.4 is 15.9 Å². The van der Waals surface area contributed by atoms with Crippen molar-refractivity contribution < 1.29 is 5.11 Å². The van der Waals surface area contributed by atoms with E-state index in [4.69, 9.17) is 5.11 Å². The first-order valence-corrected chi connectivity index (χ1v) is 9.51. The number of hydrogen-bond donors (Lipinski definition) is 1. The molecule has 118 valence electrons.